The van der Waals surface area contributed by atoms with Crippen LogP contribution in [0, 0.1) is 5.82 Å². The van der Waals surface area contributed by atoms with E-state index in [4.69, 9.17) is 10.5 Å². The molecule has 1 heterocycles. The minimum atomic E-state index is -0.516. The third-order valence-electron chi connectivity index (χ3n) is 3.33. The first-order valence-electron chi connectivity index (χ1n) is 6.72. The average Bonchev–Trinajstić information content (AvgIpc) is 2.53. The van der Waals surface area contributed by atoms with Crippen molar-refractivity contribution in [1.29, 1.82) is 0 Å². The average molecular weight is 282 g/mol. The van der Waals surface area contributed by atoms with Crippen LogP contribution in [-0.4, -0.2) is 11.6 Å². The second-order valence-electron chi connectivity index (χ2n) is 4.77. The van der Waals surface area contributed by atoms with E-state index in [0.717, 1.165) is 10.9 Å². The summed E-state index contributed by atoms with van der Waals surface area (Å²) in [6.07, 6.45) is 1.73. The van der Waals surface area contributed by atoms with Gasteiger partial charge in [-0.25, -0.2) is 4.39 Å². The van der Waals surface area contributed by atoms with Crippen molar-refractivity contribution in [2.45, 2.75) is 6.04 Å². The van der Waals surface area contributed by atoms with E-state index in [1.54, 1.807) is 24.4 Å². The van der Waals surface area contributed by atoms with Crippen molar-refractivity contribution in [3.05, 3.63) is 72.2 Å². The van der Waals surface area contributed by atoms with Gasteiger partial charge in [0.05, 0.1) is 11.6 Å². The molecule has 4 heteroatoms. The molecule has 0 bridgehead atoms. The van der Waals surface area contributed by atoms with Crippen LogP contribution in [0.1, 0.15) is 11.6 Å². The molecule has 1 aromatic heterocycles. The molecule has 0 saturated carbocycles. The Kier molecular flexibility index (Phi) is 3.79. The predicted molar refractivity (Wildman–Crippen MR) is 80.6 cm³/mol. The molecular weight excluding hydrogens is 267 g/mol. The van der Waals surface area contributed by atoms with Gasteiger partial charge in [-0.2, -0.15) is 0 Å². The molecule has 3 aromatic rings. The fraction of sp³-hybridized carbons (Fsp3) is 0.118. The van der Waals surface area contributed by atoms with Gasteiger partial charge in [-0.05, 0) is 30.3 Å². The number of hydrogen-bond acceptors (Lipinski definition) is 3. The maximum absolute atomic E-state index is 13.7. The summed E-state index contributed by atoms with van der Waals surface area (Å²) < 4.78 is 19.4. The van der Waals surface area contributed by atoms with Gasteiger partial charge in [0.25, 0.3) is 0 Å². The van der Waals surface area contributed by atoms with Crippen molar-refractivity contribution in [1.82, 2.24) is 4.98 Å². The molecule has 0 spiro atoms. The van der Waals surface area contributed by atoms with Crippen LogP contribution in [0.3, 0.4) is 0 Å². The SMILES string of the molecule is NC(COc1cccc2ncccc12)c1ccccc1F. The van der Waals surface area contributed by atoms with Crippen molar-refractivity contribution in [2.24, 2.45) is 5.73 Å². The van der Waals surface area contributed by atoms with E-state index < -0.39 is 6.04 Å². The first-order chi connectivity index (χ1) is 10.3. The smallest absolute Gasteiger partial charge is 0.128 e. The second-order valence-corrected chi connectivity index (χ2v) is 4.77. The van der Waals surface area contributed by atoms with Crippen LogP contribution in [0.25, 0.3) is 10.9 Å². The molecule has 0 aliphatic carbocycles. The molecule has 1 atom stereocenters. The highest BCUT2D eigenvalue weighted by molar-refractivity contribution is 5.84. The van der Waals surface area contributed by atoms with E-state index in [1.807, 2.05) is 30.3 Å². The number of nitrogens with two attached hydrogens (primary N) is 1. The maximum atomic E-state index is 13.7. The summed E-state index contributed by atoms with van der Waals surface area (Å²) in [6, 6.07) is 15.4. The maximum Gasteiger partial charge on any atom is 0.128 e. The van der Waals surface area contributed by atoms with Gasteiger partial charge in [-0.15, -0.1) is 0 Å². The molecule has 3 nitrogen and oxygen atoms in total. The van der Waals surface area contributed by atoms with Gasteiger partial charge in [-0.3, -0.25) is 4.98 Å². The zero-order valence-corrected chi connectivity index (χ0v) is 11.4. The minimum Gasteiger partial charge on any atom is -0.491 e. The van der Waals surface area contributed by atoms with Crippen molar-refractivity contribution in [3.63, 3.8) is 0 Å². The lowest BCUT2D eigenvalue weighted by Crippen LogP contribution is -2.20. The van der Waals surface area contributed by atoms with Crippen LogP contribution in [-0.2, 0) is 0 Å². The summed E-state index contributed by atoms with van der Waals surface area (Å²) in [7, 11) is 0. The number of halogens is 1. The van der Waals surface area contributed by atoms with Gasteiger partial charge in [0.1, 0.15) is 18.2 Å². The molecular formula is C17H15FN2O. The Hall–Kier alpha value is -2.46. The highest BCUT2D eigenvalue weighted by atomic mass is 19.1. The van der Waals surface area contributed by atoms with Gasteiger partial charge in [0.15, 0.2) is 0 Å². The van der Waals surface area contributed by atoms with Crippen molar-refractivity contribution in [3.8, 4) is 5.75 Å². The number of hydrogen-bond donors (Lipinski definition) is 1. The number of pyridine rings is 1. The Morgan fingerprint density at radius 3 is 2.76 bits per heavy atom. The molecule has 0 aliphatic rings. The minimum absolute atomic E-state index is 0.203. The lowest BCUT2D eigenvalue weighted by molar-refractivity contribution is 0.291. The summed E-state index contributed by atoms with van der Waals surface area (Å²) in [5.41, 5.74) is 7.32. The first-order valence-corrected chi connectivity index (χ1v) is 6.72. The summed E-state index contributed by atoms with van der Waals surface area (Å²) in [5, 5.41) is 0.917. The predicted octanol–water partition coefficient (Wildman–Crippen LogP) is 3.45. The van der Waals surface area contributed by atoms with E-state index in [1.165, 1.54) is 6.07 Å². The van der Waals surface area contributed by atoms with Gasteiger partial charge in [0, 0.05) is 17.1 Å². The Labute approximate surface area is 122 Å². The van der Waals surface area contributed by atoms with Crippen molar-refractivity contribution >= 4 is 10.9 Å². The van der Waals surface area contributed by atoms with E-state index in [-0.39, 0.29) is 12.4 Å². The van der Waals surface area contributed by atoms with E-state index >= 15 is 0 Å². The lowest BCUT2D eigenvalue weighted by Gasteiger charge is -2.15. The highest BCUT2D eigenvalue weighted by Gasteiger charge is 2.12. The number of rotatable bonds is 4. The highest BCUT2D eigenvalue weighted by Crippen LogP contribution is 2.25. The fourth-order valence-corrected chi connectivity index (χ4v) is 2.25. The monoisotopic (exact) mass is 282 g/mol. The van der Waals surface area contributed by atoms with Gasteiger partial charge in [-0.1, -0.05) is 24.3 Å². The lowest BCUT2D eigenvalue weighted by atomic mass is 10.1. The summed E-state index contributed by atoms with van der Waals surface area (Å²) in [6.45, 7) is 0.203. The largest absolute Gasteiger partial charge is 0.491 e. The fourth-order valence-electron chi connectivity index (χ4n) is 2.25. The Balaban J connectivity index is 1.79. The molecule has 21 heavy (non-hydrogen) atoms. The number of fused-ring (bicyclic) bond motifs is 1. The zero-order valence-electron chi connectivity index (χ0n) is 11.4. The van der Waals surface area contributed by atoms with Crippen LogP contribution >= 0.6 is 0 Å². The number of ether oxygens (including phenoxy) is 1. The van der Waals surface area contributed by atoms with Crippen LogP contribution in [0.15, 0.2) is 60.8 Å². The normalized spacial score (nSPS) is 12.3. The quantitative estimate of drug-likeness (QED) is 0.797. The molecule has 2 aromatic carbocycles. The number of nitrogens with zero attached hydrogens (tertiary/aromatic N) is 1. The van der Waals surface area contributed by atoms with Crippen LogP contribution in [0.2, 0.25) is 0 Å². The first kappa shape index (κ1) is 13.5. The van der Waals surface area contributed by atoms with Crippen molar-refractivity contribution < 1.29 is 9.13 Å². The van der Waals surface area contributed by atoms with Gasteiger partial charge >= 0.3 is 0 Å². The number of aromatic nitrogens is 1. The third-order valence-corrected chi connectivity index (χ3v) is 3.33. The van der Waals surface area contributed by atoms with Gasteiger partial charge < -0.3 is 10.5 Å². The van der Waals surface area contributed by atoms with Crippen LogP contribution in [0.5, 0.6) is 5.75 Å². The Morgan fingerprint density at radius 1 is 1.05 bits per heavy atom. The van der Waals surface area contributed by atoms with E-state index in [2.05, 4.69) is 4.98 Å². The van der Waals surface area contributed by atoms with Gasteiger partial charge in [0.2, 0.25) is 0 Å². The topological polar surface area (TPSA) is 48.1 Å². The molecule has 106 valence electrons. The van der Waals surface area contributed by atoms with E-state index in [0.29, 0.717) is 11.3 Å². The van der Waals surface area contributed by atoms with Crippen LogP contribution in [0.4, 0.5) is 4.39 Å². The molecule has 0 aliphatic heterocycles. The van der Waals surface area contributed by atoms with Crippen LogP contribution < -0.4 is 10.5 Å². The second kappa shape index (κ2) is 5.89. The Bertz CT molecular complexity index is 755. The third kappa shape index (κ3) is 2.85. The molecule has 1 unspecified atom stereocenters. The molecule has 3 rings (SSSR count). The van der Waals surface area contributed by atoms with Crippen molar-refractivity contribution in [2.75, 3.05) is 6.61 Å². The molecule has 0 radical (unpaired) electrons. The molecule has 0 fully saturated rings. The summed E-state index contributed by atoms with van der Waals surface area (Å²) in [5.74, 6) is 0.389. The van der Waals surface area contributed by atoms with E-state index in [9.17, 15) is 4.39 Å². The summed E-state index contributed by atoms with van der Waals surface area (Å²) >= 11 is 0. The molecule has 2 N–H and O–H groups in total. The Morgan fingerprint density at radius 2 is 1.90 bits per heavy atom. The zero-order chi connectivity index (χ0) is 14.7. The summed E-state index contributed by atoms with van der Waals surface area (Å²) in [4.78, 5) is 4.27. The standard InChI is InChI=1S/C17H15FN2O/c18-14-7-2-1-5-12(14)15(19)11-21-17-9-3-8-16-13(17)6-4-10-20-16/h1-10,15H,11,19H2. The molecule has 0 amide bonds. The molecule has 0 saturated heterocycles. The number of benzene rings is 2.